The van der Waals surface area contributed by atoms with Crippen LogP contribution < -0.4 is 15.8 Å². The lowest BCUT2D eigenvalue weighted by molar-refractivity contribution is -0.122. The number of amides is 2. The molecule has 5 nitrogen and oxygen atoms in total. The number of aryl methyl sites for hydroxylation is 1. The number of anilines is 1. The van der Waals surface area contributed by atoms with E-state index in [-0.39, 0.29) is 5.91 Å². The Bertz CT molecular complexity index is 696. The zero-order valence-electron chi connectivity index (χ0n) is 13.2. The van der Waals surface area contributed by atoms with E-state index in [0.717, 1.165) is 12.0 Å². The Labute approximate surface area is 135 Å². The molecule has 2 rings (SSSR count). The van der Waals surface area contributed by atoms with Crippen molar-refractivity contribution >= 4 is 17.5 Å². The minimum atomic E-state index is -0.640. The molecule has 0 saturated carbocycles. The lowest BCUT2D eigenvalue weighted by Crippen LogP contribution is -2.30. The van der Waals surface area contributed by atoms with Gasteiger partial charge in [0.1, 0.15) is 5.75 Å². The summed E-state index contributed by atoms with van der Waals surface area (Å²) in [5, 5.41) is 2.75. The van der Waals surface area contributed by atoms with E-state index >= 15 is 0 Å². The lowest BCUT2D eigenvalue weighted by atomic mass is 10.1. The van der Waals surface area contributed by atoms with Crippen LogP contribution >= 0.6 is 0 Å². The summed E-state index contributed by atoms with van der Waals surface area (Å²) in [6.45, 7) is 3.73. The summed E-state index contributed by atoms with van der Waals surface area (Å²) in [4.78, 5) is 23.2. The molecule has 3 N–H and O–H groups in total. The van der Waals surface area contributed by atoms with Gasteiger partial charge in [-0.3, -0.25) is 9.59 Å². The van der Waals surface area contributed by atoms with E-state index in [2.05, 4.69) is 5.32 Å². The van der Waals surface area contributed by atoms with Gasteiger partial charge in [-0.1, -0.05) is 25.1 Å². The summed E-state index contributed by atoms with van der Waals surface area (Å²) < 4.78 is 5.75. The van der Waals surface area contributed by atoms with Crippen LogP contribution in [0.3, 0.4) is 0 Å². The molecule has 0 heterocycles. The van der Waals surface area contributed by atoms with Crippen LogP contribution in [0.15, 0.2) is 48.5 Å². The van der Waals surface area contributed by atoms with Gasteiger partial charge in [0.2, 0.25) is 5.91 Å². The van der Waals surface area contributed by atoms with Gasteiger partial charge >= 0.3 is 0 Å². The fraction of sp³-hybridized carbons (Fsp3) is 0.222. The van der Waals surface area contributed by atoms with Gasteiger partial charge in [-0.15, -0.1) is 0 Å². The predicted molar refractivity (Wildman–Crippen MR) is 89.5 cm³/mol. The van der Waals surface area contributed by atoms with Gasteiger partial charge in [0.25, 0.3) is 5.91 Å². The first-order valence-electron chi connectivity index (χ1n) is 7.46. The molecule has 0 aromatic heterocycles. The highest BCUT2D eigenvalue weighted by Gasteiger charge is 2.16. The SMILES string of the molecule is CCc1ccccc1OC(C)C(=O)Nc1ccc(C(N)=O)cc1. The van der Waals surface area contributed by atoms with Gasteiger partial charge in [-0.2, -0.15) is 0 Å². The molecule has 0 radical (unpaired) electrons. The van der Waals surface area contributed by atoms with Crippen LogP contribution in [0.2, 0.25) is 0 Å². The Morgan fingerprint density at radius 3 is 2.39 bits per heavy atom. The maximum Gasteiger partial charge on any atom is 0.265 e. The van der Waals surface area contributed by atoms with Gasteiger partial charge < -0.3 is 15.8 Å². The maximum absolute atomic E-state index is 12.2. The van der Waals surface area contributed by atoms with Gasteiger partial charge in [0, 0.05) is 11.3 Å². The van der Waals surface area contributed by atoms with Gasteiger partial charge in [0.05, 0.1) is 0 Å². The topological polar surface area (TPSA) is 81.4 Å². The highest BCUT2D eigenvalue weighted by atomic mass is 16.5. The number of para-hydroxylation sites is 1. The Hall–Kier alpha value is -2.82. The summed E-state index contributed by atoms with van der Waals surface area (Å²) in [6, 6.07) is 14.0. The summed E-state index contributed by atoms with van der Waals surface area (Å²) in [6.07, 6.45) is 0.192. The quantitative estimate of drug-likeness (QED) is 0.860. The minimum Gasteiger partial charge on any atom is -0.481 e. The maximum atomic E-state index is 12.2. The van der Waals surface area contributed by atoms with Crippen LogP contribution in [0.4, 0.5) is 5.69 Å². The minimum absolute atomic E-state index is 0.261. The van der Waals surface area contributed by atoms with E-state index in [4.69, 9.17) is 10.5 Å². The third kappa shape index (κ3) is 4.32. The van der Waals surface area contributed by atoms with Crippen molar-refractivity contribution in [3.05, 3.63) is 59.7 Å². The first kappa shape index (κ1) is 16.5. The first-order chi connectivity index (χ1) is 11.0. The van der Waals surface area contributed by atoms with Crippen LogP contribution in [0.5, 0.6) is 5.75 Å². The number of carbonyl (C=O) groups is 2. The van der Waals surface area contributed by atoms with Gasteiger partial charge in [-0.25, -0.2) is 0 Å². The normalized spacial score (nSPS) is 11.6. The smallest absolute Gasteiger partial charge is 0.265 e. The van der Waals surface area contributed by atoms with Crippen molar-refractivity contribution in [3.8, 4) is 5.75 Å². The molecule has 0 spiro atoms. The molecule has 2 amide bonds. The average Bonchev–Trinajstić information content (AvgIpc) is 2.55. The molecule has 2 aromatic rings. The summed E-state index contributed by atoms with van der Waals surface area (Å²) in [5.74, 6) is -0.0554. The zero-order chi connectivity index (χ0) is 16.8. The third-order valence-electron chi connectivity index (χ3n) is 3.46. The number of primary amides is 1. The highest BCUT2D eigenvalue weighted by Crippen LogP contribution is 2.20. The van der Waals surface area contributed by atoms with E-state index in [1.807, 2.05) is 31.2 Å². The standard InChI is InChI=1S/C18H20N2O3/c1-3-13-6-4-5-7-16(13)23-12(2)18(22)20-15-10-8-14(9-11-15)17(19)21/h4-12H,3H2,1-2H3,(H2,19,21)(H,20,22). The fourth-order valence-electron chi connectivity index (χ4n) is 2.12. The number of rotatable bonds is 6. The Morgan fingerprint density at radius 2 is 1.78 bits per heavy atom. The monoisotopic (exact) mass is 312 g/mol. The van der Waals surface area contributed by atoms with Crippen LogP contribution in [0, 0.1) is 0 Å². The Kier molecular flexibility index (Phi) is 5.36. The second-order valence-electron chi connectivity index (χ2n) is 5.15. The number of hydrogen-bond donors (Lipinski definition) is 2. The van der Waals surface area contributed by atoms with Crippen molar-refractivity contribution in [2.75, 3.05) is 5.32 Å². The number of hydrogen-bond acceptors (Lipinski definition) is 3. The van der Waals surface area contributed by atoms with E-state index in [1.54, 1.807) is 31.2 Å². The van der Waals surface area contributed by atoms with Crippen LogP contribution in [0.25, 0.3) is 0 Å². The van der Waals surface area contributed by atoms with Crippen molar-refractivity contribution in [1.82, 2.24) is 0 Å². The van der Waals surface area contributed by atoms with E-state index in [9.17, 15) is 9.59 Å². The second-order valence-corrected chi connectivity index (χ2v) is 5.15. The van der Waals surface area contributed by atoms with Crippen molar-refractivity contribution in [2.45, 2.75) is 26.4 Å². The Morgan fingerprint density at radius 1 is 1.13 bits per heavy atom. The first-order valence-corrected chi connectivity index (χ1v) is 7.46. The molecule has 5 heteroatoms. The molecule has 0 bridgehead atoms. The molecule has 0 aliphatic rings. The number of nitrogens with one attached hydrogen (secondary N) is 1. The van der Waals surface area contributed by atoms with Crippen LogP contribution in [-0.4, -0.2) is 17.9 Å². The molecule has 23 heavy (non-hydrogen) atoms. The van der Waals surface area contributed by atoms with Crippen molar-refractivity contribution in [1.29, 1.82) is 0 Å². The fourth-order valence-corrected chi connectivity index (χ4v) is 2.12. The average molecular weight is 312 g/mol. The molecule has 0 saturated heterocycles. The van der Waals surface area contributed by atoms with Crippen molar-refractivity contribution in [3.63, 3.8) is 0 Å². The molecule has 0 aliphatic carbocycles. The van der Waals surface area contributed by atoms with E-state index < -0.39 is 12.0 Å². The van der Waals surface area contributed by atoms with Gasteiger partial charge in [0.15, 0.2) is 6.10 Å². The van der Waals surface area contributed by atoms with E-state index in [0.29, 0.717) is 17.0 Å². The second kappa shape index (κ2) is 7.45. The van der Waals surface area contributed by atoms with Crippen molar-refractivity contribution in [2.24, 2.45) is 5.73 Å². The summed E-state index contributed by atoms with van der Waals surface area (Å²) in [5.41, 5.74) is 7.21. The molecule has 1 atom stereocenters. The van der Waals surface area contributed by atoms with Crippen LogP contribution in [0.1, 0.15) is 29.8 Å². The zero-order valence-corrected chi connectivity index (χ0v) is 13.2. The van der Waals surface area contributed by atoms with Gasteiger partial charge in [-0.05, 0) is 49.2 Å². The molecule has 2 aromatic carbocycles. The van der Waals surface area contributed by atoms with Crippen LogP contribution in [-0.2, 0) is 11.2 Å². The molecule has 0 fully saturated rings. The highest BCUT2D eigenvalue weighted by molar-refractivity contribution is 5.96. The molecule has 0 aliphatic heterocycles. The number of ether oxygens (including phenoxy) is 1. The largest absolute Gasteiger partial charge is 0.481 e. The van der Waals surface area contributed by atoms with Crippen molar-refractivity contribution < 1.29 is 14.3 Å². The molecular weight excluding hydrogens is 292 g/mol. The summed E-state index contributed by atoms with van der Waals surface area (Å²) >= 11 is 0. The summed E-state index contributed by atoms with van der Waals surface area (Å²) in [7, 11) is 0. The number of nitrogens with two attached hydrogens (primary N) is 1. The third-order valence-corrected chi connectivity index (χ3v) is 3.46. The lowest BCUT2D eigenvalue weighted by Gasteiger charge is -2.17. The molecule has 1 unspecified atom stereocenters. The number of carbonyl (C=O) groups excluding carboxylic acids is 2. The molecule has 120 valence electrons. The molecular formula is C18H20N2O3. The number of benzene rings is 2. The predicted octanol–water partition coefficient (Wildman–Crippen LogP) is 2.75. The van der Waals surface area contributed by atoms with E-state index in [1.165, 1.54) is 0 Å². The Balaban J connectivity index is 2.01.